The van der Waals surface area contributed by atoms with Crippen molar-refractivity contribution in [1.29, 1.82) is 0 Å². The first kappa shape index (κ1) is 17.4. The van der Waals surface area contributed by atoms with Gasteiger partial charge < -0.3 is 10.2 Å². The maximum atomic E-state index is 10.3. The van der Waals surface area contributed by atoms with Crippen LogP contribution >= 0.6 is 0 Å². The normalized spacial score (nSPS) is 12.6. The van der Waals surface area contributed by atoms with E-state index in [0.29, 0.717) is 6.42 Å². The van der Waals surface area contributed by atoms with Crippen LogP contribution in [0.4, 0.5) is 0 Å². The van der Waals surface area contributed by atoms with E-state index in [1.807, 2.05) is 6.92 Å². The maximum absolute atomic E-state index is 10.3. The van der Waals surface area contributed by atoms with E-state index in [2.05, 4.69) is 0 Å². The number of carbonyl (C=O) groups is 1. The van der Waals surface area contributed by atoms with Crippen molar-refractivity contribution in [2.75, 3.05) is 0 Å². The number of unbranched alkanes of at least 4 members (excludes halogenated alkanes) is 9. The largest absolute Gasteiger partial charge is 0.481 e. The van der Waals surface area contributed by atoms with Crippen molar-refractivity contribution < 1.29 is 15.0 Å². The molecule has 0 rings (SSSR count). The molecule has 0 saturated carbocycles. The van der Waals surface area contributed by atoms with Crippen LogP contribution in [0.5, 0.6) is 0 Å². The molecule has 0 aromatic heterocycles. The molecular weight excluding hydrogens is 228 g/mol. The Bertz CT molecular complexity index is 190. The first-order valence-corrected chi connectivity index (χ1v) is 7.53. The molecule has 0 aromatic carbocycles. The van der Waals surface area contributed by atoms with Crippen LogP contribution < -0.4 is 0 Å². The van der Waals surface area contributed by atoms with Gasteiger partial charge in [0.25, 0.3) is 0 Å². The number of hydrogen-bond donors (Lipinski definition) is 2. The molecule has 0 spiro atoms. The quantitative estimate of drug-likeness (QED) is 0.488. The number of carboxylic acid groups (broad SMARTS) is 1. The Hall–Kier alpha value is -0.570. The zero-order valence-electron chi connectivity index (χ0n) is 11.9. The molecule has 0 unspecified atom stereocenters. The van der Waals surface area contributed by atoms with Crippen LogP contribution in [-0.2, 0) is 4.79 Å². The Kier molecular flexibility index (Phi) is 12.5. The summed E-state index contributed by atoms with van der Waals surface area (Å²) >= 11 is 0. The van der Waals surface area contributed by atoms with Gasteiger partial charge in [0.05, 0.1) is 6.10 Å². The number of aliphatic carboxylic acids is 1. The van der Waals surface area contributed by atoms with Crippen molar-refractivity contribution in [3.63, 3.8) is 0 Å². The second kappa shape index (κ2) is 12.9. The molecule has 0 aliphatic carbocycles. The monoisotopic (exact) mass is 258 g/mol. The van der Waals surface area contributed by atoms with Crippen LogP contribution in [0.2, 0.25) is 0 Å². The minimum Gasteiger partial charge on any atom is -0.481 e. The van der Waals surface area contributed by atoms with Gasteiger partial charge >= 0.3 is 5.97 Å². The number of rotatable bonds is 13. The molecule has 0 radical (unpaired) electrons. The molecule has 3 heteroatoms. The Morgan fingerprint density at radius 2 is 1.22 bits per heavy atom. The van der Waals surface area contributed by atoms with Gasteiger partial charge in [-0.25, -0.2) is 0 Å². The number of hydrogen-bond acceptors (Lipinski definition) is 2. The Morgan fingerprint density at radius 3 is 1.61 bits per heavy atom. The lowest BCUT2D eigenvalue weighted by Gasteiger charge is -2.04. The van der Waals surface area contributed by atoms with E-state index in [0.717, 1.165) is 25.7 Å². The SMILES string of the molecule is C[C@@H](O)CCCCCCCCCCCCC(=O)O. The summed E-state index contributed by atoms with van der Waals surface area (Å²) in [4.78, 5) is 10.3. The Balaban J connectivity index is 2.97. The van der Waals surface area contributed by atoms with E-state index in [1.165, 1.54) is 44.9 Å². The van der Waals surface area contributed by atoms with Gasteiger partial charge in [-0.3, -0.25) is 4.79 Å². The Labute approximate surface area is 112 Å². The average Bonchev–Trinajstić information content (AvgIpc) is 2.29. The van der Waals surface area contributed by atoms with Crippen molar-refractivity contribution in [3.8, 4) is 0 Å². The van der Waals surface area contributed by atoms with Crippen molar-refractivity contribution in [1.82, 2.24) is 0 Å². The predicted molar refractivity (Wildman–Crippen MR) is 74.7 cm³/mol. The van der Waals surface area contributed by atoms with Crippen molar-refractivity contribution >= 4 is 5.97 Å². The van der Waals surface area contributed by atoms with Gasteiger partial charge in [-0.05, 0) is 19.8 Å². The summed E-state index contributed by atoms with van der Waals surface area (Å²) in [5.41, 5.74) is 0. The molecule has 18 heavy (non-hydrogen) atoms. The molecule has 0 fully saturated rings. The first-order valence-electron chi connectivity index (χ1n) is 7.53. The predicted octanol–water partition coefficient (Wildman–Crippen LogP) is 4.13. The van der Waals surface area contributed by atoms with E-state index in [1.54, 1.807) is 0 Å². The first-order chi connectivity index (χ1) is 8.63. The molecule has 0 aliphatic heterocycles. The van der Waals surface area contributed by atoms with E-state index < -0.39 is 5.97 Å². The fourth-order valence-corrected chi connectivity index (χ4v) is 2.13. The second-order valence-corrected chi connectivity index (χ2v) is 5.32. The summed E-state index contributed by atoms with van der Waals surface area (Å²) in [5.74, 6) is -0.674. The van der Waals surface area contributed by atoms with E-state index in [9.17, 15) is 4.79 Å². The molecule has 0 heterocycles. The standard InChI is InChI=1S/C15H30O3/c1-14(16)12-10-8-6-4-2-3-5-7-9-11-13-15(17)18/h14,16H,2-13H2,1H3,(H,17,18)/t14-/m1/s1. The minimum atomic E-state index is -0.674. The highest BCUT2D eigenvalue weighted by atomic mass is 16.4. The number of aliphatic hydroxyl groups excluding tert-OH is 1. The van der Waals surface area contributed by atoms with Crippen LogP contribution in [0.3, 0.4) is 0 Å². The summed E-state index contributed by atoms with van der Waals surface area (Å²) in [6, 6.07) is 0. The third kappa shape index (κ3) is 15.4. The van der Waals surface area contributed by atoms with Gasteiger partial charge in [-0.1, -0.05) is 57.8 Å². The summed E-state index contributed by atoms with van der Waals surface area (Å²) in [7, 11) is 0. The average molecular weight is 258 g/mol. The van der Waals surface area contributed by atoms with Gasteiger partial charge in [-0.15, -0.1) is 0 Å². The third-order valence-electron chi connectivity index (χ3n) is 3.26. The fourth-order valence-electron chi connectivity index (χ4n) is 2.13. The van der Waals surface area contributed by atoms with Crippen LogP contribution in [0.15, 0.2) is 0 Å². The molecule has 108 valence electrons. The highest BCUT2D eigenvalue weighted by Gasteiger charge is 1.97. The zero-order chi connectivity index (χ0) is 13.6. The molecule has 2 N–H and O–H groups in total. The van der Waals surface area contributed by atoms with E-state index in [4.69, 9.17) is 10.2 Å². The Morgan fingerprint density at radius 1 is 0.833 bits per heavy atom. The lowest BCUT2D eigenvalue weighted by Crippen LogP contribution is -1.98. The summed E-state index contributed by atoms with van der Waals surface area (Å²) in [5, 5.41) is 17.6. The highest BCUT2D eigenvalue weighted by molar-refractivity contribution is 5.66. The van der Waals surface area contributed by atoms with Crippen LogP contribution in [-0.4, -0.2) is 22.3 Å². The third-order valence-corrected chi connectivity index (χ3v) is 3.26. The second-order valence-electron chi connectivity index (χ2n) is 5.32. The highest BCUT2D eigenvalue weighted by Crippen LogP contribution is 2.12. The smallest absolute Gasteiger partial charge is 0.303 e. The minimum absolute atomic E-state index is 0.143. The summed E-state index contributed by atoms with van der Waals surface area (Å²) in [6.07, 6.45) is 13.0. The van der Waals surface area contributed by atoms with Gasteiger partial charge in [0.2, 0.25) is 0 Å². The van der Waals surface area contributed by atoms with Crippen molar-refractivity contribution in [3.05, 3.63) is 0 Å². The van der Waals surface area contributed by atoms with Gasteiger partial charge in [-0.2, -0.15) is 0 Å². The van der Waals surface area contributed by atoms with Gasteiger partial charge in [0, 0.05) is 6.42 Å². The lowest BCUT2D eigenvalue weighted by atomic mass is 10.0. The topological polar surface area (TPSA) is 57.5 Å². The number of aliphatic hydroxyl groups is 1. The molecule has 0 bridgehead atoms. The fraction of sp³-hybridized carbons (Fsp3) is 0.933. The maximum Gasteiger partial charge on any atom is 0.303 e. The molecule has 0 amide bonds. The van der Waals surface area contributed by atoms with Crippen molar-refractivity contribution in [2.45, 2.75) is 90.1 Å². The van der Waals surface area contributed by atoms with E-state index in [-0.39, 0.29) is 6.10 Å². The van der Waals surface area contributed by atoms with Crippen LogP contribution in [0.1, 0.15) is 84.0 Å². The lowest BCUT2D eigenvalue weighted by molar-refractivity contribution is -0.137. The molecule has 0 saturated heterocycles. The molecular formula is C15H30O3. The van der Waals surface area contributed by atoms with Crippen LogP contribution in [0, 0.1) is 0 Å². The summed E-state index contributed by atoms with van der Waals surface area (Å²) in [6.45, 7) is 1.85. The molecule has 1 atom stereocenters. The molecule has 3 nitrogen and oxygen atoms in total. The van der Waals surface area contributed by atoms with Crippen LogP contribution in [0.25, 0.3) is 0 Å². The van der Waals surface area contributed by atoms with Gasteiger partial charge in [0.15, 0.2) is 0 Å². The number of carboxylic acids is 1. The molecule has 0 aromatic rings. The zero-order valence-corrected chi connectivity index (χ0v) is 11.9. The summed E-state index contributed by atoms with van der Waals surface area (Å²) < 4.78 is 0. The van der Waals surface area contributed by atoms with Crippen molar-refractivity contribution in [2.24, 2.45) is 0 Å². The van der Waals surface area contributed by atoms with Gasteiger partial charge in [0.1, 0.15) is 0 Å². The van der Waals surface area contributed by atoms with E-state index >= 15 is 0 Å². The molecule has 0 aliphatic rings.